The lowest BCUT2D eigenvalue weighted by Gasteiger charge is -2.25. The molecule has 4 atom stereocenters. The third-order valence-corrected chi connectivity index (χ3v) is 4.55. The van der Waals surface area contributed by atoms with E-state index >= 15 is 0 Å². The molecule has 22 heavy (non-hydrogen) atoms. The fourth-order valence-corrected chi connectivity index (χ4v) is 3.45. The molecule has 120 valence electrons. The van der Waals surface area contributed by atoms with Crippen LogP contribution in [-0.4, -0.2) is 29.8 Å². The van der Waals surface area contributed by atoms with Gasteiger partial charge in [-0.3, -0.25) is 10.1 Å². The number of hydrogen-bond acceptors (Lipinski definition) is 5. The molecule has 0 saturated carbocycles. The van der Waals surface area contributed by atoms with Gasteiger partial charge in [-0.25, -0.2) is 0 Å². The van der Waals surface area contributed by atoms with Gasteiger partial charge in [0.1, 0.15) is 0 Å². The van der Waals surface area contributed by atoms with Crippen LogP contribution in [-0.2, 0) is 4.74 Å². The van der Waals surface area contributed by atoms with Gasteiger partial charge in [0.2, 0.25) is 0 Å². The van der Waals surface area contributed by atoms with Gasteiger partial charge < -0.3 is 14.8 Å². The van der Waals surface area contributed by atoms with Crippen molar-refractivity contribution in [3.8, 4) is 5.75 Å². The minimum atomic E-state index is -0.387. The lowest BCUT2D eigenvalue weighted by molar-refractivity contribution is -0.385. The van der Waals surface area contributed by atoms with Crippen LogP contribution in [0.2, 0.25) is 0 Å². The van der Waals surface area contributed by atoms with E-state index in [-0.39, 0.29) is 16.7 Å². The Morgan fingerprint density at radius 2 is 2.32 bits per heavy atom. The topological polar surface area (TPSA) is 73.6 Å². The number of fused-ring (bicyclic) bond motifs is 2. The van der Waals surface area contributed by atoms with Gasteiger partial charge in [0.05, 0.1) is 23.7 Å². The molecule has 1 aromatic carbocycles. The molecule has 0 spiro atoms. The largest absolute Gasteiger partial charge is 0.487 e. The quantitative estimate of drug-likeness (QED) is 0.646. The van der Waals surface area contributed by atoms with Crippen molar-refractivity contribution < 1.29 is 14.4 Å². The highest BCUT2D eigenvalue weighted by Crippen LogP contribution is 2.36. The molecule has 2 heterocycles. The highest BCUT2D eigenvalue weighted by molar-refractivity contribution is 5.49. The Hall–Kier alpha value is -1.66. The molecule has 2 aliphatic rings. The molecular formula is C16H22N2O4. The SMILES string of the molecule is CCOc1ccc(C(C)NC2CC3CCC2O3)cc1[N+](=O)[O-]. The first kappa shape index (κ1) is 15.2. The van der Waals surface area contributed by atoms with Gasteiger partial charge in [-0.1, -0.05) is 6.07 Å². The maximum atomic E-state index is 11.2. The summed E-state index contributed by atoms with van der Waals surface area (Å²) >= 11 is 0. The molecule has 4 unspecified atom stereocenters. The molecule has 1 N–H and O–H groups in total. The number of nitrogens with one attached hydrogen (secondary N) is 1. The summed E-state index contributed by atoms with van der Waals surface area (Å²) in [6.45, 7) is 4.26. The van der Waals surface area contributed by atoms with Gasteiger partial charge in [-0.05, 0) is 44.7 Å². The first-order valence-electron chi connectivity index (χ1n) is 7.91. The Morgan fingerprint density at radius 1 is 1.50 bits per heavy atom. The van der Waals surface area contributed by atoms with Crippen LogP contribution >= 0.6 is 0 Å². The fourth-order valence-electron chi connectivity index (χ4n) is 3.45. The Bertz CT molecular complexity index is 563. The van der Waals surface area contributed by atoms with E-state index in [4.69, 9.17) is 9.47 Å². The van der Waals surface area contributed by atoms with Gasteiger partial charge in [0.25, 0.3) is 0 Å². The van der Waals surface area contributed by atoms with Crippen molar-refractivity contribution in [1.29, 1.82) is 0 Å². The monoisotopic (exact) mass is 306 g/mol. The Morgan fingerprint density at radius 3 is 2.91 bits per heavy atom. The summed E-state index contributed by atoms with van der Waals surface area (Å²) < 4.78 is 11.2. The Balaban J connectivity index is 1.73. The summed E-state index contributed by atoms with van der Waals surface area (Å²) in [5.74, 6) is 0.326. The Kier molecular flexibility index (Phi) is 4.31. The van der Waals surface area contributed by atoms with Crippen molar-refractivity contribution >= 4 is 5.69 Å². The lowest BCUT2D eigenvalue weighted by atomic mass is 9.94. The smallest absolute Gasteiger partial charge is 0.311 e. The van der Waals surface area contributed by atoms with Crippen molar-refractivity contribution in [2.24, 2.45) is 0 Å². The standard InChI is InChI=1S/C16H22N2O4/c1-3-21-16-6-4-11(8-14(16)18(19)20)10(2)17-13-9-12-5-7-15(13)22-12/h4,6,8,10,12-13,15,17H,3,5,7,9H2,1-2H3. The van der Waals surface area contributed by atoms with Crippen molar-refractivity contribution in [1.82, 2.24) is 5.32 Å². The molecule has 6 nitrogen and oxygen atoms in total. The van der Waals surface area contributed by atoms with E-state index in [1.54, 1.807) is 12.1 Å². The number of nitrogens with zero attached hydrogens (tertiary/aromatic N) is 1. The third kappa shape index (κ3) is 2.94. The predicted octanol–water partition coefficient (Wildman–Crippen LogP) is 2.96. The number of rotatable bonds is 6. The van der Waals surface area contributed by atoms with Crippen LogP contribution in [0.4, 0.5) is 5.69 Å². The molecule has 2 bridgehead atoms. The van der Waals surface area contributed by atoms with Crippen molar-refractivity contribution in [2.75, 3.05) is 6.61 Å². The number of hydrogen-bond donors (Lipinski definition) is 1. The van der Waals surface area contributed by atoms with E-state index in [2.05, 4.69) is 5.32 Å². The van der Waals surface area contributed by atoms with Crippen LogP contribution < -0.4 is 10.1 Å². The molecule has 0 aromatic heterocycles. The molecular weight excluding hydrogens is 284 g/mol. The third-order valence-electron chi connectivity index (χ3n) is 4.55. The summed E-state index contributed by atoms with van der Waals surface area (Å²) in [4.78, 5) is 10.8. The van der Waals surface area contributed by atoms with E-state index in [1.807, 2.05) is 19.9 Å². The van der Waals surface area contributed by atoms with Crippen molar-refractivity contribution in [2.45, 2.75) is 57.4 Å². The highest BCUT2D eigenvalue weighted by Gasteiger charge is 2.41. The van der Waals surface area contributed by atoms with Gasteiger partial charge in [0.15, 0.2) is 5.75 Å². The molecule has 3 rings (SSSR count). The van der Waals surface area contributed by atoms with Crippen molar-refractivity contribution in [3.05, 3.63) is 33.9 Å². The molecule has 0 aliphatic carbocycles. The van der Waals surface area contributed by atoms with Gasteiger partial charge in [0, 0.05) is 18.2 Å². The molecule has 1 aromatic rings. The van der Waals surface area contributed by atoms with E-state index in [9.17, 15) is 10.1 Å². The van der Waals surface area contributed by atoms with Crippen LogP contribution in [0.5, 0.6) is 5.75 Å². The van der Waals surface area contributed by atoms with Crippen LogP contribution in [0, 0.1) is 10.1 Å². The average molecular weight is 306 g/mol. The number of nitro groups is 1. The van der Waals surface area contributed by atoms with Gasteiger partial charge in [-0.2, -0.15) is 0 Å². The molecule has 0 radical (unpaired) electrons. The number of nitro benzene ring substituents is 1. The predicted molar refractivity (Wildman–Crippen MR) is 82.1 cm³/mol. The minimum absolute atomic E-state index is 0.0252. The van der Waals surface area contributed by atoms with Crippen molar-refractivity contribution in [3.63, 3.8) is 0 Å². The summed E-state index contributed by atoms with van der Waals surface area (Å²) in [5.41, 5.74) is 0.926. The van der Waals surface area contributed by atoms with E-state index in [0.29, 0.717) is 30.6 Å². The summed E-state index contributed by atoms with van der Waals surface area (Å²) in [7, 11) is 0. The van der Waals surface area contributed by atoms with Crippen LogP contribution in [0.15, 0.2) is 18.2 Å². The first-order chi connectivity index (χ1) is 10.6. The lowest BCUT2D eigenvalue weighted by Crippen LogP contribution is -2.38. The molecule has 2 fully saturated rings. The van der Waals surface area contributed by atoms with Crippen LogP contribution in [0.3, 0.4) is 0 Å². The molecule has 2 aliphatic heterocycles. The average Bonchev–Trinajstić information content (AvgIpc) is 3.10. The maximum absolute atomic E-state index is 11.2. The molecule has 6 heteroatoms. The summed E-state index contributed by atoms with van der Waals surface area (Å²) in [5, 5.41) is 14.8. The van der Waals surface area contributed by atoms with E-state index in [1.165, 1.54) is 0 Å². The van der Waals surface area contributed by atoms with E-state index < -0.39 is 0 Å². The molecule has 0 amide bonds. The van der Waals surface area contributed by atoms with Crippen LogP contribution in [0.1, 0.15) is 44.7 Å². The zero-order chi connectivity index (χ0) is 15.7. The molecule has 2 saturated heterocycles. The minimum Gasteiger partial charge on any atom is -0.487 e. The first-order valence-corrected chi connectivity index (χ1v) is 7.91. The van der Waals surface area contributed by atoms with Gasteiger partial charge >= 0.3 is 5.69 Å². The Labute approximate surface area is 129 Å². The zero-order valence-electron chi connectivity index (χ0n) is 13.0. The second-order valence-electron chi connectivity index (χ2n) is 6.02. The number of benzene rings is 1. The van der Waals surface area contributed by atoms with E-state index in [0.717, 1.165) is 24.8 Å². The van der Waals surface area contributed by atoms with Gasteiger partial charge in [-0.15, -0.1) is 0 Å². The number of ether oxygens (including phenoxy) is 2. The fraction of sp³-hybridized carbons (Fsp3) is 0.625. The zero-order valence-corrected chi connectivity index (χ0v) is 13.0. The van der Waals surface area contributed by atoms with Crippen LogP contribution in [0.25, 0.3) is 0 Å². The summed E-state index contributed by atoms with van der Waals surface area (Å²) in [6.07, 6.45) is 3.99. The second-order valence-corrected chi connectivity index (χ2v) is 6.02. The normalized spacial score (nSPS) is 27.8. The maximum Gasteiger partial charge on any atom is 0.311 e. The summed E-state index contributed by atoms with van der Waals surface area (Å²) in [6, 6.07) is 5.58. The second kappa shape index (κ2) is 6.22. The highest BCUT2D eigenvalue weighted by atomic mass is 16.6.